The third-order valence-corrected chi connectivity index (χ3v) is 11.6. The summed E-state index contributed by atoms with van der Waals surface area (Å²) in [6, 6.07) is 6.18. The van der Waals surface area contributed by atoms with Gasteiger partial charge in [0, 0.05) is 32.0 Å². The molecule has 2 aromatic rings. The molecule has 2 saturated heterocycles. The molecule has 2 aliphatic carbocycles. The van der Waals surface area contributed by atoms with Crippen molar-refractivity contribution in [1.82, 2.24) is 14.9 Å². The van der Waals surface area contributed by atoms with Gasteiger partial charge in [-0.05, 0) is 54.7 Å². The van der Waals surface area contributed by atoms with Crippen LogP contribution in [0.25, 0.3) is 0 Å². The first-order chi connectivity index (χ1) is 22.0. The molecule has 5 aliphatic rings. The molecule has 0 bridgehead atoms. The van der Waals surface area contributed by atoms with Crippen LogP contribution in [0.15, 0.2) is 53.8 Å². The van der Waals surface area contributed by atoms with Crippen LogP contribution in [0, 0.1) is 23.7 Å². The molecule has 1 aromatic heterocycles. The summed E-state index contributed by atoms with van der Waals surface area (Å²) in [5, 5.41) is 11.5. The lowest BCUT2D eigenvalue weighted by Crippen LogP contribution is -2.61. The number of anilines is 1. The van der Waals surface area contributed by atoms with Crippen LogP contribution >= 0.6 is 34.8 Å². The number of aromatic nitrogens is 1. The Balaban J connectivity index is 1.31. The van der Waals surface area contributed by atoms with Gasteiger partial charge in [0.25, 0.3) is 23.6 Å². The van der Waals surface area contributed by atoms with E-state index < -0.39 is 74.7 Å². The molecule has 3 aliphatic heterocycles. The van der Waals surface area contributed by atoms with Crippen LogP contribution in [-0.2, 0) is 31.8 Å². The normalized spacial score (nSPS) is 31.5. The molecule has 246 valence electrons. The lowest BCUT2D eigenvalue weighted by Gasteiger charge is -2.51. The fraction of sp³-hybridized carbons (Fsp3) is 0.387. The highest BCUT2D eigenvalue weighted by Crippen LogP contribution is 2.64. The van der Waals surface area contributed by atoms with Gasteiger partial charge in [-0.15, -0.1) is 23.2 Å². The number of alkyl halides is 5. The number of carbonyl (C=O) groups excluding carboxylic acids is 4. The Morgan fingerprint density at radius 1 is 1.06 bits per heavy atom. The van der Waals surface area contributed by atoms with Crippen LogP contribution < -0.4 is 9.75 Å². The van der Waals surface area contributed by atoms with Crippen molar-refractivity contribution in [3.8, 4) is 11.5 Å². The summed E-state index contributed by atoms with van der Waals surface area (Å²) < 4.78 is 46.3. The van der Waals surface area contributed by atoms with E-state index in [9.17, 15) is 37.5 Å². The Labute approximate surface area is 280 Å². The molecule has 7 rings (SSSR count). The summed E-state index contributed by atoms with van der Waals surface area (Å²) in [4.78, 5) is 55.9. The molecule has 47 heavy (non-hydrogen) atoms. The van der Waals surface area contributed by atoms with E-state index in [2.05, 4.69) is 4.98 Å². The van der Waals surface area contributed by atoms with Gasteiger partial charge in [0.1, 0.15) is 17.2 Å². The summed E-state index contributed by atoms with van der Waals surface area (Å²) in [7, 11) is 2.47. The number of ether oxygens (including phenoxy) is 1. The largest absolute Gasteiger partial charge is 0.508 e. The zero-order chi connectivity index (χ0) is 34.0. The third kappa shape index (κ3) is 4.28. The van der Waals surface area contributed by atoms with Crippen LogP contribution in [0.5, 0.6) is 11.5 Å². The molecule has 0 spiro atoms. The Hall–Kier alpha value is -3.81. The number of hydrogen-bond donors (Lipinski definition) is 1. The second-order valence-electron chi connectivity index (χ2n) is 12.3. The van der Waals surface area contributed by atoms with Gasteiger partial charge in [0.2, 0.25) is 0 Å². The summed E-state index contributed by atoms with van der Waals surface area (Å²) in [5.74, 6) is -7.02. The number of halogens is 6. The van der Waals surface area contributed by atoms with Crippen molar-refractivity contribution in [2.75, 3.05) is 19.1 Å². The van der Waals surface area contributed by atoms with E-state index in [4.69, 9.17) is 39.5 Å². The highest BCUT2D eigenvalue weighted by atomic mass is 35.5. The Bertz CT molecular complexity index is 1870. The van der Waals surface area contributed by atoms with Crippen molar-refractivity contribution >= 4 is 64.2 Å². The van der Waals surface area contributed by atoms with Crippen LogP contribution in [0.3, 0.4) is 0 Å². The van der Waals surface area contributed by atoms with Crippen molar-refractivity contribution in [3.63, 3.8) is 0 Å². The van der Waals surface area contributed by atoms with Gasteiger partial charge < -0.3 is 9.84 Å². The number of allylic oxidation sites excluding steroid dienone is 3. The first kappa shape index (κ1) is 31.8. The first-order valence-electron chi connectivity index (χ1n) is 14.4. The number of benzene rings is 1. The SMILES string of the molecule is CN1C(=O)[C@]2(Cl)C[C@@H]3C(=CC[C@@H]4C(=O)N(N(C)c5nc(C(F)(F)F)ccc5Cl)C(=O)[C@@H]43)[C@H](C3=COc4ccc(O)cc4C3)[C@]2(Cl)C1=O. The van der Waals surface area contributed by atoms with Gasteiger partial charge >= 0.3 is 6.18 Å². The number of rotatable bonds is 3. The zero-order valence-electron chi connectivity index (χ0n) is 24.5. The van der Waals surface area contributed by atoms with E-state index in [1.165, 1.54) is 32.5 Å². The third-order valence-electron chi connectivity index (χ3n) is 9.86. The van der Waals surface area contributed by atoms with Crippen molar-refractivity contribution < 1.29 is 42.2 Å². The van der Waals surface area contributed by atoms with Crippen LogP contribution in [-0.4, -0.2) is 67.5 Å². The summed E-state index contributed by atoms with van der Waals surface area (Å²) in [6.45, 7) is 0. The van der Waals surface area contributed by atoms with Gasteiger partial charge in [0.15, 0.2) is 15.6 Å². The second-order valence-corrected chi connectivity index (χ2v) is 13.9. The van der Waals surface area contributed by atoms with Crippen molar-refractivity contribution in [3.05, 3.63) is 70.1 Å². The number of phenolic OH excluding ortho intramolecular Hbond substituents is 1. The number of fused-ring (bicyclic) bond motifs is 5. The van der Waals surface area contributed by atoms with Crippen molar-refractivity contribution in [2.24, 2.45) is 23.7 Å². The Kier molecular flexibility index (Phi) is 6.99. The zero-order valence-corrected chi connectivity index (χ0v) is 26.8. The fourth-order valence-electron chi connectivity index (χ4n) is 7.75. The smallest absolute Gasteiger partial charge is 0.433 e. The molecule has 6 atom stereocenters. The predicted octanol–water partition coefficient (Wildman–Crippen LogP) is 4.85. The van der Waals surface area contributed by atoms with Crippen molar-refractivity contribution in [1.29, 1.82) is 0 Å². The van der Waals surface area contributed by atoms with Gasteiger partial charge in [-0.1, -0.05) is 23.3 Å². The van der Waals surface area contributed by atoms with Crippen molar-refractivity contribution in [2.45, 2.75) is 35.2 Å². The molecule has 3 fully saturated rings. The number of carbonyl (C=O) groups is 4. The van der Waals surface area contributed by atoms with Gasteiger partial charge in [-0.25, -0.2) is 4.98 Å². The number of phenols is 1. The standard InChI is InChI=1S/C31H24Cl3F3N4O6/c1-39-27(45)29(33)11-18-16(23(30(29,34)28(39)46)14-9-13-10-15(42)3-7-20(13)47-12-14)4-5-17-22(18)26(44)41(25(17)43)40(2)24-19(32)6-8-21(38-24)31(35,36)37/h3-4,6-8,10,12,17-18,22-23,42H,5,9,11H2,1-2H3/t17-,18+,22-,23-,29+,30-/m0/s1. The molecule has 0 unspecified atom stereocenters. The number of imide groups is 2. The minimum Gasteiger partial charge on any atom is -0.508 e. The molecule has 4 amide bonds. The highest BCUT2D eigenvalue weighted by molar-refractivity contribution is 6.53. The van der Waals surface area contributed by atoms with E-state index in [1.807, 2.05) is 0 Å². The lowest BCUT2D eigenvalue weighted by molar-refractivity contribution is -0.141. The number of amides is 4. The van der Waals surface area contributed by atoms with Crippen LogP contribution in [0.4, 0.5) is 19.0 Å². The fourth-order valence-corrected chi connectivity index (χ4v) is 9.01. The molecule has 1 N–H and O–H groups in total. The average molecular weight is 712 g/mol. The molecular weight excluding hydrogens is 688 g/mol. The van der Waals surface area contributed by atoms with Crippen LogP contribution in [0.2, 0.25) is 5.02 Å². The molecule has 16 heteroatoms. The number of pyridine rings is 1. The lowest BCUT2D eigenvalue weighted by atomic mass is 9.56. The quantitative estimate of drug-likeness (QED) is 0.273. The number of nitrogens with zero attached hydrogens (tertiary/aromatic N) is 4. The number of hydrazine groups is 1. The van der Waals surface area contributed by atoms with Crippen LogP contribution in [0.1, 0.15) is 24.1 Å². The van der Waals surface area contributed by atoms with E-state index in [0.29, 0.717) is 33.5 Å². The van der Waals surface area contributed by atoms with Gasteiger partial charge in [0.05, 0.1) is 23.1 Å². The first-order valence-corrected chi connectivity index (χ1v) is 15.6. The maximum atomic E-state index is 14.2. The summed E-state index contributed by atoms with van der Waals surface area (Å²) >= 11 is 20.6. The van der Waals surface area contributed by atoms with E-state index >= 15 is 0 Å². The molecular formula is C31H24Cl3F3N4O6. The van der Waals surface area contributed by atoms with Gasteiger partial charge in [-0.3, -0.25) is 29.1 Å². The van der Waals surface area contributed by atoms with E-state index in [1.54, 1.807) is 12.1 Å². The average Bonchev–Trinajstić information content (AvgIpc) is 3.34. The number of hydrogen-bond acceptors (Lipinski definition) is 8. The maximum absolute atomic E-state index is 14.2. The number of aromatic hydroxyl groups is 1. The molecule has 1 saturated carbocycles. The Morgan fingerprint density at radius 3 is 2.49 bits per heavy atom. The monoisotopic (exact) mass is 710 g/mol. The van der Waals surface area contributed by atoms with Gasteiger partial charge in [-0.2, -0.15) is 18.2 Å². The second kappa shape index (κ2) is 10.3. The molecule has 0 radical (unpaired) electrons. The molecule has 1 aromatic carbocycles. The van der Waals surface area contributed by atoms with E-state index in [0.717, 1.165) is 16.0 Å². The Morgan fingerprint density at radius 2 is 1.79 bits per heavy atom. The predicted molar refractivity (Wildman–Crippen MR) is 161 cm³/mol. The minimum atomic E-state index is -4.82. The maximum Gasteiger partial charge on any atom is 0.433 e. The number of likely N-dealkylation sites (tertiary alicyclic amines) is 1. The highest BCUT2D eigenvalue weighted by Gasteiger charge is 2.76. The summed E-state index contributed by atoms with van der Waals surface area (Å²) in [6.07, 6.45) is -1.78. The molecule has 4 heterocycles. The topological polar surface area (TPSA) is 120 Å². The summed E-state index contributed by atoms with van der Waals surface area (Å²) in [5.41, 5.74) is 0.274. The minimum absolute atomic E-state index is 0.0244. The molecule has 10 nitrogen and oxygen atoms in total. The van der Waals surface area contributed by atoms with E-state index in [-0.39, 0.29) is 30.0 Å².